The van der Waals surface area contributed by atoms with Crippen molar-refractivity contribution < 1.29 is 4.79 Å². The summed E-state index contributed by atoms with van der Waals surface area (Å²) in [5.41, 5.74) is 5.96. The van der Waals surface area contributed by atoms with E-state index >= 15 is 0 Å². The average molecular weight is 350 g/mol. The first-order chi connectivity index (χ1) is 12.0. The lowest BCUT2D eigenvalue weighted by Gasteiger charge is -2.09. The summed E-state index contributed by atoms with van der Waals surface area (Å²) in [6, 6.07) is 12.0. The number of nitrogens with one attached hydrogen (secondary N) is 1. The maximum atomic E-state index is 12.7. The fourth-order valence-electron chi connectivity index (χ4n) is 3.36. The minimum atomic E-state index is 0.126. The quantitative estimate of drug-likeness (QED) is 0.444. The first kappa shape index (κ1) is 15.9. The third-order valence-electron chi connectivity index (χ3n) is 4.29. The van der Waals surface area contributed by atoms with Crippen molar-refractivity contribution in [3.63, 3.8) is 0 Å². The van der Waals surface area contributed by atoms with Crippen LogP contribution in [0.5, 0.6) is 0 Å². The van der Waals surface area contributed by atoms with Crippen molar-refractivity contribution in [2.45, 2.75) is 25.9 Å². The van der Waals surface area contributed by atoms with Gasteiger partial charge in [0, 0.05) is 5.56 Å². The smallest absolute Gasteiger partial charge is 0.231 e. The summed E-state index contributed by atoms with van der Waals surface area (Å²) in [6.07, 6.45) is 0. The maximum absolute atomic E-state index is 12.7. The Hall–Kier alpha value is -2.60. The molecule has 0 aliphatic heterocycles. The molecule has 4 rings (SSSR count). The molecule has 0 saturated carbocycles. The molecule has 0 amide bonds. The number of imidazole rings is 1. The van der Waals surface area contributed by atoms with Gasteiger partial charge >= 0.3 is 0 Å². The number of aryl methyl sites for hydroxylation is 3. The molecule has 0 saturated heterocycles. The number of aromatic amines is 1. The predicted octanol–water partition coefficient (Wildman–Crippen LogP) is 4.11. The zero-order valence-corrected chi connectivity index (χ0v) is 15.1. The van der Waals surface area contributed by atoms with E-state index in [0.717, 1.165) is 32.9 Å². The van der Waals surface area contributed by atoms with Crippen molar-refractivity contribution in [2.24, 2.45) is 0 Å². The number of carbonyl (C=O) groups excluding carboxylic acids is 1. The van der Waals surface area contributed by atoms with Crippen LogP contribution >= 0.6 is 11.8 Å². The van der Waals surface area contributed by atoms with Gasteiger partial charge in [-0.05, 0) is 44.0 Å². The molecule has 0 bridgehead atoms. The van der Waals surface area contributed by atoms with E-state index in [4.69, 9.17) is 0 Å². The first-order valence-electron chi connectivity index (χ1n) is 8.10. The van der Waals surface area contributed by atoms with Gasteiger partial charge in [0.15, 0.2) is 10.9 Å². The Labute approximate surface area is 149 Å². The van der Waals surface area contributed by atoms with Crippen molar-refractivity contribution in [1.29, 1.82) is 0 Å². The van der Waals surface area contributed by atoms with Crippen LogP contribution in [0, 0.1) is 20.8 Å². The Balaban J connectivity index is 1.64. The molecule has 25 heavy (non-hydrogen) atoms. The summed E-state index contributed by atoms with van der Waals surface area (Å²) in [6.45, 7) is 6.04. The Bertz CT molecular complexity index is 1090. The molecule has 0 fully saturated rings. The number of thioether (sulfide) groups is 1. The number of carbonyl (C=O) groups is 1. The highest BCUT2D eigenvalue weighted by Crippen LogP contribution is 2.25. The van der Waals surface area contributed by atoms with E-state index in [1.807, 2.05) is 49.4 Å². The van der Waals surface area contributed by atoms with Gasteiger partial charge in [-0.25, -0.2) is 10.1 Å². The number of Topliss-reactive ketones (excluding diaryl/α,β-unsaturated/α-hetero) is 1. The van der Waals surface area contributed by atoms with Gasteiger partial charge in [0.25, 0.3) is 0 Å². The van der Waals surface area contributed by atoms with Crippen LogP contribution < -0.4 is 0 Å². The zero-order valence-electron chi connectivity index (χ0n) is 14.3. The van der Waals surface area contributed by atoms with Crippen LogP contribution in [0.25, 0.3) is 16.8 Å². The van der Waals surface area contributed by atoms with Crippen molar-refractivity contribution >= 4 is 34.4 Å². The standard InChI is InChI=1S/C19H18N4OS/c1-11-8-12(2)17(13(3)9-11)16(24)10-25-19-22-21-18-20-14-6-4-5-7-15(14)23(18)19/h4-9H,10H2,1-3H3,(H,20,21). The largest absolute Gasteiger partial charge is 0.293 e. The fraction of sp³-hybridized carbons (Fsp3) is 0.211. The summed E-state index contributed by atoms with van der Waals surface area (Å²) < 4.78 is 1.96. The lowest BCUT2D eigenvalue weighted by molar-refractivity contribution is 0.102. The number of ketones is 1. The Kier molecular flexibility index (Phi) is 3.84. The van der Waals surface area contributed by atoms with Crippen LogP contribution in [0.3, 0.4) is 0 Å². The topological polar surface area (TPSA) is 63.0 Å². The molecule has 2 aromatic heterocycles. The SMILES string of the molecule is Cc1cc(C)c(C(=O)CSc2n[nH]c3nc4ccccc4n23)c(C)c1. The minimum absolute atomic E-state index is 0.126. The highest BCUT2D eigenvalue weighted by atomic mass is 32.2. The lowest BCUT2D eigenvalue weighted by atomic mass is 9.97. The molecule has 0 unspecified atom stereocenters. The minimum Gasteiger partial charge on any atom is -0.293 e. The van der Waals surface area contributed by atoms with Gasteiger partial charge in [0.2, 0.25) is 5.78 Å². The highest BCUT2D eigenvalue weighted by molar-refractivity contribution is 7.99. The van der Waals surface area contributed by atoms with Crippen LogP contribution in [0.1, 0.15) is 27.0 Å². The second kappa shape index (κ2) is 6.04. The number of para-hydroxylation sites is 2. The van der Waals surface area contributed by atoms with Gasteiger partial charge in [-0.3, -0.25) is 9.20 Å². The maximum Gasteiger partial charge on any atom is 0.231 e. The predicted molar refractivity (Wildman–Crippen MR) is 101 cm³/mol. The molecule has 0 atom stereocenters. The molecule has 0 radical (unpaired) electrons. The first-order valence-corrected chi connectivity index (χ1v) is 9.08. The molecule has 0 aliphatic carbocycles. The normalized spacial score (nSPS) is 11.5. The van der Waals surface area contributed by atoms with Gasteiger partial charge in [0.05, 0.1) is 16.8 Å². The number of hydrogen-bond acceptors (Lipinski definition) is 4. The van der Waals surface area contributed by atoms with Gasteiger partial charge in [0.1, 0.15) is 0 Å². The number of aromatic nitrogens is 4. The van der Waals surface area contributed by atoms with E-state index < -0.39 is 0 Å². The van der Waals surface area contributed by atoms with E-state index in [2.05, 4.69) is 27.3 Å². The molecule has 2 aromatic carbocycles. The van der Waals surface area contributed by atoms with E-state index in [1.54, 1.807) is 0 Å². The summed E-state index contributed by atoms with van der Waals surface area (Å²) in [4.78, 5) is 17.3. The van der Waals surface area contributed by atoms with Crippen molar-refractivity contribution in [3.8, 4) is 0 Å². The molecule has 2 heterocycles. The van der Waals surface area contributed by atoms with Crippen molar-refractivity contribution in [1.82, 2.24) is 19.6 Å². The van der Waals surface area contributed by atoms with Gasteiger partial charge < -0.3 is 0 Å². The van der Waals surface area contributed by atoms with E-state index in [-0.39, 0.29) is 5.78 Å². The number of rotatable bonds is 4. The summed E-state index contributed by atoms with van der Waals surface area (Å²) in [7, 11) is 0. The Morgan fingerprint density at radius 3 is 2.64 bits per heavy atom. The van der Waals surface area contributed by atoms with Crippen LogP contribution in [0.2, 0.25) is 0 Å². The van der Waals surface area contributed by atoms with E-state index in [9.17, 15) is 4.79 Å². The number of hydrogen-bond donors (Lipinski definition) is 1. The molecule has 4 aromatic rings. The molecular weight excluding hydrogens is 332 g/mol. The van der Waals surface area contributed by atoms with Gasteiger partial charge in [-0.1, -0.05) is 41.6 Å². The van der Waals surface area contributed by atoms with Gasteiger partial charge in [-0.2, -0.15) is 0 Å². The molecule has 126 valence electrons. The van der Waals surface area contributed by atoms with Crippen LogP contribution in [0.15, 0.2) is 41.6 Å². The fourth-order valence-corrected chi connectivity index (χ4v) is 4.19. The summed E-state index contributed by atoms with van der Waals surface area (Å²) in [5.74, 6) is 1.16. The van der Waals surface area contributed by atoms with Crippen LogP contribution in [-0.2, 0) is 0 Å². The van der Waals surface area contributed by atoms with Crippen LogP contribution in [-0.4, -0.2) is 31.1 Å². The second-order valence-electron chi connectivity index (χ2n) is 6.25. The molecule has 5 nitrogen and oxygen atoms in total. The number of fused-ring (bicyclic) bond motifs is 3. The molecular formula is C19H18N4OS. The Morgan fingerprint density at radius 2 is 1.88 bits per heavy atom. The molecule has 0 spiro atoms. The number of H-pyrrole nitrogens is 1. The summed E-state index contributed by atoms with van der Waals surface area (Å²) in [5, 5.41) is 8.01. The van der Waals surface area contributed by atoms with E-state index in [0.29, 0.717) is 11.5 Å². The number of benzene rings is 2. The Morgan fingerprint density at radius 1 is 1.16 bits per heavy atom. The van der Waals surface area contributed by atoms with Crippen molar-refractivity contribution in [2.75, 3.05) is 5.75 Å². The average Bonchev–Trinajstić information content (AvgIpc) is 3.11. The number of nitrogens with zero attached hydrogens (tertiary/aromatic N) is 3. The third-order valence-corrected chi connectivity index (χ3v) is 5.23. The molecule has 6 heteroatoms. The second-order valence-corrected chi connectivity index (χ2v) is 7.19. The van der Waals surface area contributed by atoms with E-state index in [1.165, 1.54) is 17.3 Å². The monoisotopic (exact) mass is 350 g/mol. The molecule has 0 aliphatic rings. The van der Waals surface area contributed by atoms with Crippen molar-refractivity contribution in [3.05, 3.63) is 58.7 Å². The highest BCUT2D eigenvalue weighted by Gasteiger charge is 2.16. The van der Waals surface area contributed by atoms with Gasteiger partial charge in [-0.15, -0.1) is 5.10 Å². The summed E-state index contributed by atoms with van der Waals surface area (Å²) >= 11 is 1.43. The molecule has 1 N–H and O–H groups in total. The third kappa shape index (κ3) is 2.72. The lowest BCUT2D eigenvalue weighted by Crippen LogP contribution is -2.08. The van der Waals surface area contributed by atoms with Crippen LogP contribution in [0.4, 0.5) is 0 Å². The zero-order chi connectivity index (χ0) is 17.6.